The van der Waals surface area contributed by atoms with Gasteiger partial charge in [-0.2, -0.15) is 0 Å². The van der Waals surface area contributed by atoms with Crippen molar-refractivity contribution in [3.05, 3.63) is 28.8 Å². The minimum atomic E-state index is -3.25. The third-order valence-corrected chi connectivity index (χ3v) is 5.12. The second-order valence-electron chi connectivity index (χ2n) is 5.38. The maximum Gasteiger partial charge on any atom is 0.175 e. The number of nitrogens with zero attached hydrogens (tertiary/aromatic N) is 1. The molecule has 0 amide bonds. The van der Waals surface area contributed by atoms with Crippen LogP contribution in [-0.2, 0) is 16.4 Å². The number of sulfone groups is 1. The standard InChI is InChI=1S/C14H21ClN2O2S/c1-17(11-6-7-11)9-8-16-10-12-13(15)4-3-5-14(12)20(2,18)19/h3-5,11,16H,6-10H2,1-2H3. The van der Waals surface area contributed by atoms with Gasteiger partial charge < -0.3 is 10.2 Å². The Morgan fingerprint density at radius 3 is 2.70 bits per heavy atom. The Bertz CT molecular complexity index is 571. The van der Waals surface area contributed by atoms with E-state index in [2.05, 4.69) is 17.3 Å². The van der Waals surface area contributed by atoms with Crippen LogP contribution in [-0.4, -0.2) is 45.8 Å². The van der Waals surface area contributed by atoms with Crippen LogP contribution in [0.5, 0.6) is 0 Å². The summed E-state index contributed by atoms with van der Waals surface area (Å²) in [5.74, 6) is 0. The Balaban J connectivity index is 1.94. The molecule has 1 aromatic rings. The van der Waals surface area contributed by atoms with E-state index < -0.39 is 9.84 Å². The lowest BCUT2D eigenvalue weighted by molar-refractivity contribution is 0.321. The van der Waals surface area contributed by atoms with Crippen molar-refractivity contribution >= 4 is 21.4 Å². The normalized spacial score (nSPS) is 15.8. The summed E-state index contributed by atoms with van der Waals surface area (Å²) in [7, 11) is -1.13. The quantitative estimate of drug-likeness (QED) is 0.781. The molecule has 0 heterocycles. The minimum Gasteiger partial charge on any atom is -0.311 e. The van der Waals surface area contributed by atoms with Gasteiger partial charge in [-0.25, -0.2) is 8.42 Å². The number of halogens is 1. The highest BCUT2D eigenvalue weighted by Crippen LogP contribution is 2.25. The van der Waals surface area contributed by atoms with E-state index in [0.29, 0.717) is 22.0 Å². The topological polar surface area (TPSA) is 49.4 Å². The molecule has 0 aliphatic heterocycles. The Hall–Kier alpha value is -0.620. The van der Waals surface area contributed by atoms with E-state index in [1.165, 1.54) is 19.1 Å². The summed E-state index contributed by atoms with van der Waals surface area (Å²) in [6.45, 7) is 2.26. The fraction of sp³-hybridized carbons (Fsp3) is 0.571. The Morgan fingerprint density at radius 1 is 1.40 bits per heavy atom. The summed E-state index contributed by atoms with van der Waals surface area (Å²) in [4.78, 5) is 2.64. The van der Waals surface area contributed by atoms with E-state index in [1.807, 2.05) is 0 Å². The van der Waals surface area contributed by atoms with Crippen molar-refractivity contribution in [2.75, 3.05) is 26.4 Å². The number of benzene rings is 1. The van der Waals surface area contributed by atoms with Gasteiger partial charge in [0, 0.05) is 42.5 Å². The predicted molar refractivity (Wildman–Crippen MR) is 81.9 cm³/mol. The maximum atomic E-state index is 11.7. The summed E-state index contributed by atoms with van der Waals surface area (Å²) in [5, 5.41) is 3.77. The zero-order chi connectivity index (χ0) is 14.8. The van der Waals surface area contributed by atoms with E-state index in [9.17, 15) is 8.42 Å². The third-order valence-electron chi connectivity index (χ3n) is 3.59. The first-order valence-electron chi connectivity index (χ1n) is 6.78. The Labute approximate surface area is 126 Å². The second kappa shape index (κ2) is 6.43. The number of hydrogen-bond acceptors (Lipinski definition) is 4. The predicted octanol–water partition coefficient (Wildman–Crippen LogP) is 1.93. The average molecular weight is 317 g/mol. The molecular formula is C14H21ClN2O2S. The number of nitrogens with one attached hydrogen (secondary N) is 1. The van der Waals surface area contributed by atoms with Gasteiger partial charge in [0.1, 0.15) is 0 Å². The molecule has 6 heteroatoms. The molecule has 4 nitrogen and oxygen atoms in total. The lowest BCUT2D eigenvalue weighted by Gasteiger charge is -2.16. The Morgan fingerprint density at radius 2 is 2.10 bits per heavy atom. The van der Waals surface area contributed by atoms with Crippen molar-refractivity contribution in [2.24, 2.45) is 0 Å². The lowest BCUT2D eigenvalue weighted by atomic mass is 10.2. The van der Waals surface area contributed by atoms with Gasteiger partial charge in [0.2, 0.25) is 0 Å². The van der Waals surface area contributed by atoms with Crippen LogP contribution < -0.4 is 5.32 Å². The van der Waals surface area contributed by atoms with Crippen LogP contribution in [0.1, 0.15) is 18.4 Å². The van der Waals surface area contributed by atoms with Crippen LogP contribution >= 0.6 is 11.6 Å². The molecule has 1 saturated carbocycles. The van der Waals surface area contributed by atoms with E-state index in [-0.39, 0.29) is 0 Å². The zero-order valence-electron chi connectivity index (χ0n) is 11.9. The number of hydrogen-bond donors (Lipinski definition) is 1. The molecule has 0 saturated heterocycles. The van der Waals surface area contributed by atoms with Gasteiger partial charge in [-0.05, 0) is 32.0 Å². The van der Waals surface area contributed by atoms with Crippen LogP contribution in [0, 0.1) is 0 Å². The monoisotopic (exact) mass is 316 g/mol. The molecular weight excluding hydrogens is 296 g/mol. The van der Waals surface area contributed by atoms with Crippen LogP contribution in [0.25, 0.3) is 0 Å². The van der Waals surface area contributed by atoms with Gasteiger partial charge in [0.25, 0.3) is 0 Å². The number of likely N-dealkylation sites (N-methyl/N-ethyl adjacent to an activating group) is 1. The van der Waals surface area contributed by atoms with Gasteiger partial charge in [0.15, 0.2) is 9.84 Å². The molecule has 1 aromatic carbocycles. The van der Waals surface area contributed by atoms with Gasteiger partial charge in [-0.1, -0.05) is 17.7 Å². The zero-order valence-corrected chi connectivity index (χ0v) is 13.5. The van der Waals surface area contributed by atoms with Crippen molar-refractivity contribution in [3.63, 3.8) is 0 Å². The SMILES string of the molecule is CN(CCNCc1c(Cl)cccc1S(C)(=O)=O)C1CC1. The molecule has 1 aliphatic rings. The first kappa shape index (κ1) is 15.8. The third kappa shape index (κ3) is 4.19. The van der Waals surface area contributed by atoms with Crippen LogP contribution in [0.4, 0.5) is 0 Å². The first-order chi connectivity index (χ1) is 9.39. The fourth-order valence-electron chi connectivity index (χ4n) is 2.22. The van der Waals surface area contributed by atoms with Gasteiger partial charge in [0.05, 0.1) is 4.90 Å². The fourth-order valence-corrected chi connectivity index (χ4v) is 3.48. The molecule has 0 radical (unpaired) electrons. The second-order valence-corrected chi connectivity index (χ2v) is 7.77. The highest BCUT2D eigenvalue weighted by molar-refractivity contribution is 7.90. The van der Waals surface area contributed by atoms with Crippen molar-refractivity contribution in [3.8, 4) is 0 Å². The van der Waals surface area contributed by atoms with Gasteiger partial charge >= 0.3 is 0 Å². The highest BCUT2D eigenvalue weighted by Gasteiger charge is 2.25. The van der Waals surface area contributed by atoms with Gasteiger partial charge in [-0.3, -0.25) is 0 Å². The van der Waals surface area contributed by atoms with E-state index in [1.54, 1.807) is 18.2 Å². The van der Waals surface area contributed by atoms with Crippen molar-refractivity contribution in [1.29, 1.82) is 0 Å². The minimum absolute atomic E-state index is 0.313. The summed E-state index contributed by atoms with van der Waals surface area (Å²) in [6, 6.07) is 5.74. The molecule has 20 heavy (non-hydrogen) atoms. The molecule has 0 atom stereocenters. The summed E-state index contributed by atoms with van der Waals surface area (Å²) in [5.41, 5.74) is 0.658. The maximum absolute atomic E-state index is 11.7. The molecule has 0 bridgehead atoms. The molecule has 112 valence electrons. The number of rotatable bonds is 7. The largest absolute Gasteiger partial charge is 0.311 e. The summed E-state index contributed by atoms with van der Waals surface area (Å²) in [6.07, 6.45) is 3.79. The molecule has 1 aliphatic carbocycles. The van der Waals surface area contributed by atoms with Gasteiger partial charge in [-0.15, -0.1) is 0 Å². The van der Waals surface area contributed by atoms with Crippen LogP contribution in [0.3, 0.4) is 0 Å². The van der Waals surface area contributed by atoms with Crippen molar-refractivity contribution in [1.82, 2.24) is 10.2 Å². The molecule has 1 fully saturated rings. The molecule has 0 aromatic heterocycles. The Kier molecular flexibility index (Phi) is 5.07. The summed E-state index contributed by atoms with van der Waals surface area (Å²) < 4.78 is 23.5. The van der Waals surface area contributed by atoms with Crippen LogP contribution in [0.15, 0.2) is 23.1 Å². The molecule has 0 unspecified atom stereocenters. The van der Waals surface area contributed by atoms with Crippen molar-refractivity contribution in [2.45, 2.75) is 30.3 Å². The lowest BCUT2D eigenvalue weighted by Crippen LogP contribution is -2.30. The molecule has 2 rings (SSSR count). The van der Waals surface area contributed by atoms with E-state index in [4.69, 9.17) is 11.6 Å². The average Bonchev–Trinajstić information content (AvgIpc) is 3.18. The van der Waals surface area contributed by atoms with Crippen LogP contribution in [0.2, 0.25) is 5.02 Å². The van der Waals surface area contributed by atoms with Crippen molar-refractivity contribution < 1.29 is 8.42 Å². The first-order valence-corrected chi connectivity index (χ1v) is 9.05. The molecule has 0 spiro atoms. The highest BCUT2D eigenvalue weighted by atomic mass is 35.5. The van der Waals surface area contributed by atoms with E-state index >= 15 is 0 Å². The molecule has 1 N–H and O–H groups in total. The summed E-state index contributed by atoms with van der Waals surface area (Å²) >= 11 is 6.12. The smallest absolute Gasteiger partial charge is 0.175 e. The van der Waals surface area contributed by atoms with E-state index in [0.717, 1.165) is 19.1 Å².